The van der Waals surface area contributed by atoms with Crippen molar-refractivity contribution < 1.29 is 14.4 Å². The van der Waals surface area contributed by atoms with Gasteiger partial charge in [-0.2, -0.15) is 5.10 Å². The molecule has 0 spiro atoms. The molecule has 0 aliphatic heterocycles. The topological polar surface area (TPSA) is 89.1 Å². The minimum absolute atomic E-state index is 0.108. The first-order valence-electron chi connectivity index (χ1n) is 8.68. The fourth-order valence-corrected chi connectivity index (χ4v) is 3.28. The van der Waals surface area contributed by atoms with Crippen LogP contribution in [0.25, 0.3) is 39.1 Å². The predicted octanol–water partition coefficient (Wildman–Crippen LogP) is 4.39. The number of hydrogen-bond acceptors (Lipinski definition) is 5. The molecule has 5 aromatic rings. The molecule has 3 aromatic heterocycles. The molecule has 0 bridgehead atoms. The third kappa shape index (κ3) is 2.52. The van der Waals surface area contributed by atoms with Crippen molar-refractivity contribution in [2.75, 3.05) is 7.11 Å². The van der Waals surface area contributed by atoms with Crippen molar-refractivity contribution in [3.05, 3.63) is 67.1 Å². The molecule has 5 rings (SSSR count). The molecule has 0 aliphatic rings. The van der Waals surface area contributed by atoms with Crippen LogP contribution >= 0.6 is 0 Å². The van der Waals surface area contributed by atoms with Crippen LogP contribution in [0.1, 0.15) is 0 Å². The molecule has 0 fully saturated rings. The Bertz CT molecular complexity index is 1230. The Morgan fingerprint density at radius 1 is 1.00 bits per heavy atom. The smallest absolute Gasteiger partial charge is 0.222 e. The average Bonchev–Trinajstić information content (AvgIpc) is 3.47. The molecule has 0 saturated heterocycles. The minimum Gasteiger partial charge on any atom is -0.497 e. The van der Waals surface area contributed by atoms with Crippen LogP contribution in [0.5, 0.6) is 11.6 Å². The van der Waals surface area contributed by atoms with Gasteiger partial charge in [0, 0.05) is 34.5 Å². The molecule has 0 aliphatic carbocycles. The van der Waals surface area contributed by atoms with Crippen molar-refractivity contribution in [2.45, 2.75) is 0 Å². The average molecular weight is 372 g/mol. The third-order valence-electron chi connectivity index (χ3n) is 4.76. The van der Waals surface area contributed by atoms with Gasteiger partial charge in [-0.15, -0.1) is 0 Å². The number of methoxy groups -OCH3 is 1. The Kier molecular flexibility index (Phi) is 3.65. The molecule has 28 heavy (non-hydrogen) atoms. The van der Waals surface area contributed by atoms with Gasteiger partial charge in [0.1, 0.15) is 28.9 Å². The number of fused-ring (bicyclic) bond motifs is 1. The van der Waals surface area contributed by atoms with E-state index in [1.54, 1.807) is 17.7 Å². The number of aromatic nitrogens is 4. The number of benzene rings is 2. The Hall–Kier alpha value is -4.00. The SMILES string of the molecule is COc1ccc(-c2n[nH]c3c(O)n(-c4ccc(-c5ccon5)cc4)cc23)cc1. The zero-order chi connectivity index (χ0) is 19.1. The fraction of sp³-hybridized carbons (Fsp3) is 0.0476. The summed E-state index contributed by atoms with van der Waals surface area (Å²) in [6.07, 6.45) is 3.41. The van der Waals surface area contributed by atoms with Gasteiger partial charge in [-0.05, 0) is 36.4 Å². The second-order valence-electron chi connectivity index (χ2n) is 6.34. The van der Waals surface area contributed by atoms with E-state index in [0.717, 1.165) is 39.3 Å². The molecule has 138 valence electrons. The molecule has 2 aromatic carbocycles. The number of rotatable bonds is 4. The molecular weight excluding hydrogens is 356 g/mol. The van der Waals surface area contributed by atoms with Gasteiger partial charge >= 0.3 is 0 Å². The summed E-state index contributed by atoms with van der Waals surface area (Å²) in [5.41, 5.74) is 4.83. The highest BCUT2D eigenvalue weighted by molar-refractivity contribution is 5.96. The Morgan fingerprint density at radius 3 is 2.43 bits per heavy atom. The Labute approximate surface area is 159 Å². The van der Waals surface area contributed by atoms with Gasteiger partial charge in [0.05, 0.1) is 7.11 Å². The molecule has 0 unspecified atom stereocenters. The van der Waals surface area contributed by atoms with Crippen molar-refractivity contribution in [1.82, 2.24) is 19.9 Å². The van der Waals surface area contributed by atoms with E-state index in [9.17, 15) is 5.11 Å². The normalized spacial score (nSPS) is 11.2. The molecule has 2 N–H and O–H groups in total. The van der Waals surface area contributed by atoms with Crippen molar-refractivity contribution in [2.24, 2.45) is 0 Å². The lowest BCUT2D eigenvalue weighted by Crippen LogP contribution is -1.92. The van der Waals surface area contributed by atoms with Gasteiger partial charge in [-0.25, -0.2) is 0 Å². The largest absolute Gasteiger partial charge is 0.497 e. The lowest BCUT2D eigenvalue weighted by atomic mass is 10.1. The van der Waals surface area contributed by atoms with Crippen LogP contribution < -0.4 is 4.74 Å². The van der Waals surface area contributed by atoms with E-state index in [2.05, 4.69) is 15.4 Å². The number of hydrogen-bond donors (Lipinski definition) is 2. The zero-order valence-corrected chi connectivity index (χ0v) is 15.0. The quantitative estimate of drug-likeness (QED) is 0.488. The summed E-state index contributed by atoms with van der Waals surface area (Å²) in [5, 5.41) is 22.8. The lowest BCUT2D eigenvalue weighted by molar-refractivity contribution is 0.415. The van der Waals surface area contributed by atoms with E-state index in [1.165, 1.54) is 6.26 Å². The van der Waals surface area contributed by atoms with Crippen LogP contribution in [0.4, 0.5) is 0 Å². The van der Waals surface area contributed by atoms with E-state index >= 15 is 0 Å². The summed E-state index contributed by atoms with van der Waals surface area (Å²) in [6, 6.07) is 17.2. The standard InChI is InChI=1S/C21H16N4O3/c1-27-16-8-4-14(5-9-16)19-17-12-25(21(26)20(17)23-22-19)15-6-2-13(3-7-15)18-10-11-28-24-18/h2-12,23,26H,1H3. The summed E-state index contributed by atoms with van der Waals surface area (Å²) in [6.45, 7) is 0. The van der Waals surface area contributed by atoms with E-state index in [1.807, 2.05) is 54.7 Å². The Morgan fingerprint density at radius 2 is 1.75 bits per heavy atom. The number of aromatic hydroxyl groups is 1. The lowest BCUT2D eigenvalue weighted by Gasteiger charge is -2.05. The summed E-state index contributed by atoms with van der Waals surface area (Å²) in [4.78, 5) is 0. The molecule has 0 amide bonds. The third-order valence-corrected chi connectivity index (χ3v) is 4.76. The second kappa shape index (κ2) is 6.31. The van der Waals surface area contributed by atoms with Crippen molar-refractivity contribution in [3.63, 3.8) is 0 Å². The molecule has 0 atom stereocenters. The first-order valence-corrected chi connectivity index (χ1v) is 8.68. The highest BCUT2D eigenvalue weighted by atomic mass is 16.5. The number of nitrogens with zero attached hydrogens (tertiary/aromatic N) is 3. The molecule has 0 radical (unpaired) electrons. The molecule has 3 heterocycles. The van der Waals surface area contributed by atoms with Gasteiger partial charge in [-0.3, -0.25) is 9.67 Å². The van der Waals surface area contributed by atoms with Gasteiger partial charge < -0.3 is 14.4 Å². The van der Waals surface area contributed by atoms with Crippen molar-refractivity contribution in [1.29, 1.82) is 0 Å². The van der Waals surface area contributed by atoms with E-state index in [-0.39, 0.29) is 5.88 Å². The zero-order valence-electron chi connectivity index (χ0n) is 15.0. The number of nitrogens with one attached hydrogen (secondary N) is 1. The molecule has 0 saturated carbocycles. The van der Waals surface area contributed by atoms with Crippen LogP contribution in [-0.2, 0) is 0 Å². The highest BCUT2D eigenvalue weighted by Gasteiger charge is 2.17. The predicted molar refractivity (Wildman–Crippen MR) is 105 cm³/mol. The van der Waals surface area contributed by atoms with Crippen LogP contribution in [0, 0.1) is 0 Å². The van der Waals surface area contributed by atoms with Gasteiger partial charge in [0.15, 0.2) is 0 Å². The number of aromatic amines is 1. The maximum Gasteiger partial charge on any atom is 0.222 e. The monoisotopic (exact) mass is 372 g/mol. The highest BCUT2D eigenvalue weighted by Crippen LogP contribution is 2.35. The molecular formula is C21H16N4O3. The van der Waals surface area contributed by atoms with Gasteiger partial charge in [-0.1, -0.05) is 17.3 Å². The van der Waals surface area contributed by atoms with Gasteiger partial charge in [0.25, 0.3) is 0 Å². The van der Waals surface area contributed by atoms with Crippen LogP contribution in [-0.4, -0.2) is 32.1 Å². The van der Waals surface area contributed by atoms with Crippen LogP contribution in [0.3, 0.4) is 0 Å². The van der Waals surface area contributed by atoms with Gasteiger partial charge in [0.2, 0.25) is 5.88 Å². The first-order chi connectivity index (χ1) is 13.7. The fourth-order valence-electron chi connectivity index (χ4n) is 3.28. The maximum atomic E-state index is 10.7. The van der Waals surface area contributed by atoms with Crippen molar-refractivity contribution in [3.8, 4) is 39.8 Å². The maximum absolute atomic E-state index is 10.7. The van der Waals surface area contributed by atoms with E-state index < -0.39 is 0 Å². The number of ether oxygens (including phenoxy) is 1. The van der Waals surface area contributed by atoms with E-state index in [4.69, 9.17) is 9.26 Å². The summed E-state index contributed by atoms with van der Waals surface area (Å²) < 4.78 is 11.8. The summed E-state index contributed by atoms with van der Waals surface area (Å²) in [7, 11) is 1.63. The van der Waals surface area contributed by atoms with E-state index in [0.29, 0.717) is 5.52 Å². The summed E-state index contributed by atoms with van der Waals surface area (Å²) >= 11 is 0. The molecule has 7 heteroatoms. The molecule has 7 nitrogen and oxygen atoms in total. The second-order valence-corrected chi connectivity index (χ2v) is 6.34. The minimum atomic E-state index is 0.108. The summed E-state index contributed by atoms with van der Waals surface area (Å²) in [5.74, 6) is 0.889. The first kappa shape index (κ1) is 16.2. The Balaban J connectivity index is 1.55. The van der Waals surface area contributed by atoms with Crippen LogP contribution in [0.2, 0.25) is 0 Å². The number of H-pyrrole nitrogens is 1. The van der Waals surface area contributed by atoms with Crippen LogP contribution in [0.15, 0.2) is 71.6 Å². The van der Waals surface area contributed by atoms with Crippen molar-refractivity contribution >= 4 is 10.9 Å².